The fraction of sp³-hybridized carbons (Fsp3) is 0.929. The summed E-state index contributed by atoms with van der Waals surface area (Å²) in [4.78, 5) is 11.4. The van der Waals surface area contributed by atoms with Gasteiger partial charge in [0.1, 0.15) is 5.54 Å². The Morgan fingerprint density at radius 2 is 2.17 bits per heavy atom. The second kappa shape index (κ2) is 7.10. The summed E-state index contributed by atoms with van der Waals surface area (Å²) in [5.74, 6) is 0.426. The molecule has 4 nitrogen and oxygen atoms in total. The first kappa shape index (κ1) is 15.4. The molecule has 1 saturated carbocycles. The number of hydrogen-bond acceptors (Lipinski definition) is 4. The zero-order valence-electron chi connectivity index (χ0n) is 11.9. The van der Waals surface area contributed by atoms with Crippen LogP contribution in [0.25, 0.3) is 0 Å². The van der Waals surface area contributed by atoms with Crippen LogP contribution in [0.4, 0.5) is 0 Å². The molecule has 1 aliphatic rings. The summed E-state index contributed by atoms with van der Waals surface area (Å²) >= 11 is 0. The van der Waals surface area contributed by atoms with E-state index in [1.165, 1.54) is 26.4 Å². The van der Waals surface area contributed by atoms with E-state index in [1.807, 2.05) is 0 Å². The Labute approximate surface area is 110 Å². The van der Waals surface area contributed by atoms with E-state index in [0.29, 0.717) is 19.1 Å². The topological polar surface area (TPSA) is 61.5 Å². The smallest absolute Gasteiger partial charge is 0.325 e. The molecule has 3 unspecified atom stereocenters. The first-order chi connectivity index (χ1) is 8.49. The molecule has 18 heavy (non-hydrogen) atoms. The quantitative estimate of drug-likeness (QED) is 0.741. The predicted molar refractivity (Wildman–Crippen MR) is 71.2 cm³/mol. The van der Waals surface area contributed by atoms with E-state index in [-0.39, 0.29) is 5.97 Å². The molecule has 3 atom stereocenters. The molecule has 0 aromatic heterocycles. The lowest BCUT2D eigenvalue weighted by Gasteiger charge is -2.29. The van der Waals surface area contributed by atoms with E-state index in [4.69, 9.17) is 10.5 Å². The largest absolute Gasteiger partial charge is 0.468 e. The Balaban J connectivity index is 2.27. The Morgan fingerprint density at radius 3 is 2.78 bits per heavy atom. The Kier molecular flexibility index (Phi) is 6.09. The van der Waals surface area contributed by atoms with E-state index >= 15 is 0 Å². The standard InChI is InChI=1S/C14H27NO3/c1-4-11-6-5-7-12(10-11)18-9-8-14(2,15)13(16)17-3/h11-12H,4-10,15H2,1-3H3. The number of rotatable bonds is 6. The summed E-state index contributed by atoms with van der Waals surface area (Å²) in [6.45, 7) is 4.46. The molecule has 1 rings (SSSR count). The maximum Gasteiger partial charge on any atom is 0.325 e. The van der Waals surface area contributed by atoms with Crippen LogP contribution in [0.5, 0.6) is 0 Å². The molecule has 1 fully saturated rings. The molecular formula is C14H27NO3. The van der Waals surface area contributed by atoms with Gasteiger partial charge in [-0.15, -0.1) is 0 Å². The monoisotopic (exact) mass is 257 g/mol. The van der Waals surface area contributed by atoms with Gasteiger partial charge in [-0.2, -0.15) is 0 Å². The van der Waals surface area contributed by atoms with Gasteiger partial charge >= 0.3 is 5.97 Å². The zero-order valence-corrected chi connectivity index (χ0v) is 11.9. The molecule has 0 spiro atoms. The van der Waals surface area contributed by atoms with E-state index in [2.05, 4.69) is 11.7 Å². The van der Waals surface area contributed by atoms with Crippen molar-refractivity contribution in [2.75, 3.05) is 13.7 Å². The van der Waals surface area contributed by atoms with Crippen LogP contribution in [0.3, 0.4) is 0 Å². The molecule has 0 aromatic rings. The second-order valence-corrected chi connectivity index (χ2v) is 5.59. The summed E-state index contributed by atoms with van der Waals surface area (Å²) in [6, 6.07) is 0. The van der Waals surface area contributed by atoms with E-state index in [9.17, 15) is 4.79 Å². The van der Waals surface area contributed by atoms with Crippen molar-refractivity contribution in [2.45, 2.75) is 64.0 Å². The number of carbonyl (C=O) groups is 1. The summed E-state index contributed by atoms with van der Waals surface area (Å²) in [6.07, 6.45) is 6.94. The van der Waals surface area contributed by atoms with Crippen LogP contribution in [0.2, 0.25) is 0 Å². The zero-order chi connectivity index (χ0) is 13.6. The van der Waals surface area contributed by atoms with Crippen molar-refractivity contribution in [2.24, 2.45) is 11.7 Å². The van der Waals surface area contributed by atoms with Gasteiger partial charge in [-0.1, -0.05) is 26.2 Å². The van der Waals surface area contributed by atoms with Gasteiger partial charge in [0.05, 0.1) is 13.2 Å². The Hall–Kier alpha value is -0.610. The van der Waals surface area contributed by atoms with Crippen molar-refractivity contribution >= 4 is 5.97 Å². The lowest BCUT2D eigenvalue weighted by Crippen LogP contribution is -2.46. The number of nitrogens with two attached hydrogens (primary N) is 1. The van der Waals surface area contributed by atoms with Crippen molar-refractivity contribution in [3.63, 3.8) is 0 Å². The average molecular weight is 257 g/mol. The van der Waals surface area contributed by atoms with Crippen LogP contribution in [-0.4, -0.2) is 31.3 Å². The lowest BCUT2D eigenvalue weighted by atomic mass is 9.85. The molecule has 0 aromatic carbocycles. The number of carbonyl (C=O) groups excluding carboxylic acids is 1. The van der Waals surface area contributed by atoms with Crippen LogP contribution in [0.15, 0.2) is 0 Å². The van der Waals surface area contributed by atoms with Gasteiger partial charge in [0, 0.05) is 6.61 Å². The minimum absolute atomic E-state index is 0.345. The summed E-state index contributed by atoms with van der Waals surface area (Å²) in [7, 11) is 1.36. The summed E-state index contributed by atoms with van der Waals surface area (Å²) < 4.78 is 10.5. The maximum atomic E-state index is 11.4. The van der Waals surface area contributed by atoms with Crippen LogP contribution < -0.4 is 5.73 Å². The fourth-order valence-electron chi connectivity index (χ4n) is 2.54. The number of ether oxygens (including phenoxy) is 2. The molecule has 106 valence electrons. The fourth-order valence-corrected chi connectivity index (χ4v) is 2.54. The molecule has 1 aliphatic carbocycles. The molecule has 0 radical (unpaired) electrons. The Bertz CT molecular complexity index is 266. The highest BCUT2D eigenvalue weighted by Crippen LogP contribution is 2.28. The highest BCUT2D eigenvalue weighted by atomic mass is 16.5. The van der Waals surface area contributed by atoms with E-state index < -0.39 is 5.54 Å². The molecule has 4 heteroatoms. The van der Waals surface area contributed by atoms with Crippen LogP contribution in [0.1, 0.15) is 52.4 Å². The van der Waals surface area contributed by atoms with Crippen molar-refractivity contribution in [3.8, 4) is 0 Å². The second-order valence-electron chi connectivity index (χ2n) is 5.59. The molecular weight excluding hydrogens is 230 g/mol. The normalized spacial score (nSPS) is 27.6. The van der Waals surface area contributed by atoms with Crippen molar-refractivity contribution in [1.82, 2.24) is 0 Å². The number of methoxy groups -OCH3 is 1. The van der Waals surface area contributed by atoms with Crippen molar-refractivity contribution in [1.29, 1.82) is 0 Å². The highest BCUT2D eigenvalue weighted by Gasteiger charge is 2.30. The average Bonchev–Trinajstić information content (AvgIpc) is 2.37. The molecule has 0 amide bonds. The molecule has 0 saturated heterocycles. The number of hydrogen-bond donors (Lipinski definition) is 1. The van der Waals surface area contributed by atoms with Gasteiger partial charge in [0.15, 0.2) is 0 Å². The maximum absolute atomic E-state index is 11.4. The van der Waals surface area contributed by atoms with Gasteiger partial charge in [-0.25, -0.2) is 0 Å². The summed E-state index contributed by atoms with van der Waals surface area (Å²) in [5.41, 5.74) is 4.95. The lowest BCUT2D eigenvalue weighted by molar-refractivity contribution is -0.147. The van der Waals surface area contributed by atoms with E-state index in [0.717, 1.165) is 18.8 Å². The van der Waals surface area contributed by atoms with Gasteiger partial charge in [0.25, 0.3) is 0 Å². The van der Waals surface area contributed by atoms with Gasteiger partial charge in [-0.3, -0.25) is 4.79 Å². The van der Waals surface area contributed by atoms with Crippen molar-refractivity contribution in [3.05, 3.63) is 0 Å². The predicted octanol–water partition coefficient (Wildman–Crippen LogP) is 2.25. The first-order valence-electron chi connectivity index (χ1n) is 6.98. The van der Waals surface area contributed by atoms with Crippen LogP contribution >= 0.6 is 0 Å². The van der Waals surface area contributed by atoms with Gasteiger partial charge in [0.2, 0.25) is 0 Å². The van der Waals surface area contributed by atoms with Gasteiger partial charge in [-0.05, 0) is 32.1 Å². The van der Waals surface area contributed by atoms with Gasteiger partial charge < -0.3 is 15.2 Å². The third-order valence-electron chi connectivity index (χ3n) is 3.94. The molecule has 0 aliphatic heterocycles. The van der Waals surface area contributed by atoms with E-state index in [1.54, 1.807) is 6.92 Å². The van der Waals surface area contributed by atoms with Crippen molar-refractivity contribution < 1.29 is 14.3 Å². The summed E-state index contributed by atoms with van der Waals surface area (Å²) in [5, 5.41) is 0. The molecule has 2 N–H and O–H groups in total. The minimum atomic E-state index is -0.937. The highest BCUT2D eigenvalue weighted by molar-refractivity contribution is 5.79. The number of esters is 1. The third kappa shape index (κ3) is 4.58. The Morgan fingerprint density at radius 1 is 1.44 bits per heavy atom. The van der Waals surface area contributed by atoms with Crippen LogP contribution in [0, 0.1) is 5.92 Å². The SMILES string of the molecule is CCC1CCCC(OCCC(C)(N)C(=O)OC)C1. The van der Waals surface area contributed by atoms with Crippen LogP contribution in [-0.2, 0) is 14.3 Å². The minimum Gasteiger partial charge on any atom is -0.468 e. The third-order valence-corrected chi connectivity index (χ3v) is 3.94. The molecule has 0 bridgehead atoms. The molecule has 0 heterocycles. The first-order valence-corrected chi connectivity index (χ1v) is 6.98.